The second-order valence-electron chi connectivity index (χ2n) is 6.28. The SMILES string of the molecule is Cl.Clc1ccc(-c2cc(CN3CCN(c4ccccc4)CC3)on2)cc1. The Labute approximate surface area is 164 Å². The molecule has 136 valence electrons. The molecule has 4 rings (SSSR count). The number of halogens is 2. The van der Waals surface area contributed by atoms with Gasteiger partial charge in [0.05, 0.1) is 6.54 Å². The van der Waals surface area contributed by atoms with Crippen molar-refractivity contribution < 1.29 is 4.52 Å². The molecule has 6 heteroatoms. The maximum Gasteiger partial charge on any atom is 0.151 e. The van der Waals surface area contributed by atoms with Crippen molar-refractivity contribution in [3.63, 3.8) is 0 Å². The van der Waals surface area contributed by atoms with Gasteiger partial charge in [-0.3, -0.25) is 4.90 Å². The molecule has 1 aliphatic rings. The maximum absolute atomic E-state index is 5.93. The molecule has 0 unspecified atom stereocenters. The van der Waals surface area contributed by atoms with Crippen LogP contribution in [0.25, 0.3) is 11.3 Å². The van der Waals surface area contributed by atoms with E-state index in [-0.39, 0.29) is 12.4 Å². The number of hydrogen-bond acceptors (Lipinski definition) is 4. The smallest absolute Gasteiger partial charge is 0.151 e. The molecule has 0 saturated carbocycles. The van der Waals surface area contributed by atoms with E-state index in [1.54, 1.807) is 0 Å². The fourth-order valence-electron chi connectivity index (χ4n) is 3.17. The first-order valence-corrected chi connectivity index (χ1v) is 8.89. The third-order valence-corrected chi connectivity index (χ3v) is 4.82. The van der Waals surface area contributed by atoms with Gasteiger partial charge in [-0.05, 0) is 24.3 Å². The average Bonchev–Trinajstić information content (AvgIpc) is 3.12. The first kappa shape index (κ1) is 18.8. The third-order valence-electron chi connectivity index (χ3n) is 4.57. The van der Waals surface area contributed by atoms with Gasteiger partial charge in [0.15, 0.2) is 5.76 Å². The molecule has 1 saturated heterocycles. The van der Waals surface area contributed by atoms with Gasteiger partial charge in [0.2, 0.25) is 0 Å². The Morgan fingerprint density at radius 3 is 2.31 bits per heavy atom. The predicted octanol–water partition coefficient (Wildman–Crippen LogP) is 4.74. The largest absolute Gasteiger partial charge is 0.369 e. The molecule has 2 heterocycles. The first-order chi connectivity index (χ1) is 12.3. The predicted molar refractivity (Wildman–Crippen MR) is 108 cm³/mol. The summed E-state index contributed by atoms with van der Waals surface area (Å²) in [5.74, 6) is 0.901. The minimum atomic E-state index is 0. The minimum Gasteiger partial charge on any atom is -0.369 e. The lowest BCUT2D eigenvalue weighted by molar-refractivity contribution is 0.220. The fraction of sp³-hybridized carbons (Fsp3) is 0.250. The number of para-hydroxylation sites is 1. The molecule has 0 radical (unpaired) electrons. The summed E-state index contributed by atoms with van der Waals surface area (Å²) in [5, 5.41) is 4.91. The second kappa shape index (κ2) is 8.58. The van der Waals surface area contributed by atoms with Gasteiger partial charge >= 0.3 is 0 Å². The summed E-state index contributed by atoms with van der Waals surface area (Å²) in [6.45, 7) is 4.89. The number of aromatic nitrogens is 1. The quantitative estimate of drug-likeness (QED) is 0.644. The van der Waals surface area contributed by atoms with Gasteiger partial charge in [-0.15, -0.1) is 12.4 Å². The Morgan fingerprint density at radius 2 is 1.62 bits per heavy atom. The summed E-state index contributed by atoms with van der Waals surface area (Å²) in [6, 6.07) is 20.3. The van der Waals surface area contributed by atoms with Crippen LogP contribution in [0.1, 0.15) is 5.76 Å². The summed E-state index contributed by atoms with van der Waals surface area (Å²) in [7, 11) is 0. The summed E-state index contributed by atoms with van der Waals surface area (Å²) in [6.07, 6.45) is 0. The van der Waals surface area contributed by atoms with Gasteiger partial charge < -0.3 is 9.42 Å². The van der Waals surface area contributed by atoms with Crippen LogP contribution in [0.3, 0.4) is 0 Å². The van der Waals surface area contributed by atoms with Crippen LogP contribution in [0.4, 0.5) is 5.69 Å². The molecule has 0 N–H and O–H groups in total. The molecule has 1 fully saturated rings. The Bertz CT molecular complexity index is 813. The molecule has 0 aliphatic carbocycles. The lowest BCUT2D eigenvalue weighted by Gasteiger charge is -2.35. The minimum absolute atomic E-state index is 0. The van der Waals surface area contributed by atoms with Gasteiger partial charge in [-0.2, -0.15) is 0 Å². The molecule has 1 aliphatic heterocycles. The van der Waals surface area contributed by atoms with Crippen LogP contribution in [0.2, 0.25) is 5.02 Å². The van der Waals surface area contributed by atoms with Gasteiger partial charge in [0.1, 0.15) is 5.69 Å². The summed E-state index contributed by atoms with van der Waals surface area (Å²) < 4.78 is 5.53. The van der Waals surface area contributed by atoms with E-state index in [1.165, 1.54) is 5.69 Å². The highest BCUT2D eigenvalue weighted by atomic mass is 35.5. The zero-order valence-corrected chi connectivity index (χ0v) is 15.9. The van der Waals surface area contributed by atoms with E-state index in [4.69, 9.17) is 16.1 Å². The van der Waals surface area contributed by atoms with E-state index in [9.17, 15) is 0 Å². The molecule has 0 spiro atoms. The number of rotatable bonds is 4. The standard InChI is InChI=1S/C20H20ClN3O.ClH/c21-17-8-6-16(7-9-17)20-14-19(25-22-20)15-23-10-12-24(13-11-23)18-4-2-1-3-5-18;/h1-9,14H,10-13,15H2;1H. The molecule has 4 nitrogen and oxygen atoms in total. The van der Waals surface area contributed by atoms with Crippen molar-refractivity contribution >= 4 is 29.7 Å². The number of piperazine rings is 1. The zero-order valence-electron chi connectivity index (χ0n) is 14.3. The van der Waals surface area contributed by atoms with E-state index in [2.05, 4.69) is 45.3 Å². The van der Waals surface area contributed by atoms with E-state index in [0.29, 0.717) is 0 Å². The van der Waals surface area contributed by atoms with Crippen molar-refractivity contribution in [2.75, 3.05) is 31.1 Å². The van der Waals surface area contributed by atoms with E-state index in [1.807, 2.05) is 30.3 Å². The Morgan fingerprint density at radius 1 is 0.923 bits per heavy atom. The highest BCUT2D eigenvalue weighted by Crippen LogP contribution is 2.22. The van der Waals surface area contributed by atoms with Crippen LogP contribution in [-0.4, -0.2) is 36.2 Å². The molecule has 26 heavy (non-hydrogen) atoms. The van der Waals surface area contributed by atoms with E-state index < -0.39 is 0 Å². The summed E-state index contributed by atoms with van der Waals surface area (Å²) >= 11 is 5.93. The molecular formula is C20H21Cl2N3O. The molecule has 2 aromatic carbocycles. The molecular weight excluding hydrogens is 369 g/mol. The number of hydrogen-bond donors (Lipinski definition) is 0. The van der Waals surface area contributed by atoms with Crippen molar-refractivity contribution in [3.8, 4) is 11.3 Å². The Kier molecular flexibility index (Phi) is 6.20. The normalized spacial score (nSPS) is 14.9. The van der Waals surface area contributed by atoms with Crippen LogP contribution in [0, 0.1) is 0 Å². The van der Waals surface area contributed by atoms with Crippen molar-refractivity contribution in [2.45, 2.75) is 6.54 Å². The summed E-state index contributed by atoms with van der Waals surface area (Å²) in [5.41, 5.74) is 3.18. The monoisotopic (exact) mass is 389 g/mol. The third kappa shape index (κ3) is 4.39. The highest BCUT2D eigenvalue weighted by Gasteiger charge is 2.19. The topological polar surface area (TPSA) is 32.5 Å². The average molecular weight is 390 g/mol. The van der Waals surface area contributed by atoms with E-state index >= 15 is 0 Å². The van der Waals surface area contributed by atoms with Gasteiger partial charge in [0.25, 0.3) is 0 Å². The maximum atomic E-state index is 5.93. The number of nitrogens with zero attached hydrogens (tertiary/aromatic N) is 3. The fourth-order valence-corrected chi connectivity index (χ4v) is 3.29. The lowest BCUT2D eigenvalue weighted by Crippen LogP contribution is -2.45. The van der Waals surface area contributed by atoms with Crippen molar-refractivity contribution in [1.82, 2.24) is 10.1 Å². The molecule has 0 atom stereocenters. The Hall–Kier alpha value is -2.01. The van der Waals surface area contributed by atoms with Crippen LogP contribution in [0.5, 0.6) is 0 Å². The molecule has 0 bridgehead atoms. The second-order valence-corrected chi connectivity index (χ2v) is 6.72. The molecule has 1 aromatic heterocycles. The molecule has 0 amide bonds. The van der Waals surface area contributed by atoms with E-state index in [0.717, 1.165) is 54.8 Å². The number of benzene rings is 2. The van der Waals surface area contributed by atoms with Crippen LogP contribution >= 0.6 is 24.0 Å². The number of anilines is 1. The first-order valence-electron chi connectivity index (χ1n) is 8.52. The van der Waals surface area contributed by atoms with Gasteiger partial charge in [-0.1, -0.05) is 47.1 Å². The lowest BCUT2D eigenvalue weighted by atomic mass is 10.1. The Balaban J connectivity index is 0.00000196. The molecule has 3 aromatic rings. The van der Waals surface area contributed by atoms with Crippen LogP contribution < -0.4 is 4.90 Å². The van der Waals surface area contributed by atoms with Crippen LogP contribution in [-0.2, 0) is 6.54 Å². The van der Waals surface area contributed by atoms with Gasteiger partial charge in [0, 0.05) is 48.5 Å². The van der Waals surface area contributed by atoms with Crippen molar-refractivity contribution in [3.05, 3.63) is 71.4 Å². The zero-order chi connectivity index (χ0) is 17.1. The van der Waals surface area contributed by atoms with Gasteiger partial charge in [-0.25, -0.2) is 0 Å². The van der Waals surface area contributed by atoms with Crippen LogP contribution in [0.15, 0.2) is 65.2 Å². The van der Waals surface area contributed by atoms with Crippen molar-refractivity contribution in [2.24, 2.45) is 0 Å². The summed E-state index contributed by atoms with van der Waals surface area (Å²) in [4.78, 5) is 4.83. The van der Waals surface area contributed by atoms with Crippen molar-refractivity contribution in [1.29, 1.82) is 0 Å². The highest BCUT2D eigenvalue weighted by molar-refractivity contribution is 6.30.